The van der Waals surface area contributed by atoms with Gasteiger partial charge in [-0.25, -0.2) is 9.18 Å². The number of pyridine rings is 1. The van der Waals surface area contributed by atoms with Crippen molar-refractivity contribution < 1.29 is 45.8 Å². The first-order chi connectivity index (χ1) is 18.3. The monoisotopic (exact) mass is 572 g/mol. The van der Waals surface area contributed by atoms with Crippen molar-refractivity contribution in [2.75, 3.05) is 5.32 Å². The number of aromatic nitrogens is 1. The van der Waals surface area contributed by atoms with Crippen molar-refractivity contribution in [1.29, 1.82) is 0 Å². The lowest BCUT2D eigenvalue weighted by molar-refractivity contribution is -0.151. The van der Waals surface area contributed by atoms with E-state index in [1.54, 1.807) is 0 Å². The lowest BCUT2D eigenvalue weighted by Crippen LogP contribution is -2.23. The second kappa shape index (κ2) is 11.1. The largest absolute Gasteiger partial charge is 0.478 e. The van der Waals surface area contributed by atoms with E-state index >= 15 is 0 Å². The first-order valence-corrected chi connectivity index (χ1v) is 11.8. The summed E-state index contributed by atoms with van der Waals surface area (Å²) in [6, 6.07) is 9.80. The fourth-order valence-electron chi connectivity index (χ4n) is 4.25. The van der Waals surface area contributed by atoms with E-state index in [1.165, 1.54) is 36.4 Å². The van der Waals surface area contributed by atoms with Crippen molar-refractivity contribution >= 4 is 29.2 Å². The van der Waals surface area contributed by atoms with Crippen molar-refractivity contribution in [3.05, 3.63) is 76.8 Å². The molecule has 0 aliphatic heterocycles. The third-order valence-corrected chi connectivity index (χ3v) is 6.59. The van der Waals surface area contributed by atoms with Crippen LogP contribution in [0.2, 0.25) is 5.02 Å². The molecule has 1 fully saturated rings. The van der Waals surface area contributed by atoms with Crippen LogP contribution in [-0.2, 0) is 4.79 Å². The zero-order chi connectivity index (χ0) is 28.5. The van der Waals surface area contributed by atoms with Crippen LogP contribution in [0.1, 0.15) is 34.8 Å². The van der Waals surface area contributed by atoms with Gasteiger partial charge in [-0.1, -0.05) is 17.7 Å². The molecule has 0 spiro atoms. The molecule has 6 nitrogen and oxygen atoms in total. The number of hydrogen-bond acceptors (Lipinski definition) is 4. The molecular formula is C26H19ClF6N2O4. The van der Waals surface area contributed by atoms with Gasteiger partial charge in [0, 0.05) is 17.4 Å². The zero-order valence-electron chi connectivity index (χ0n) is 19.7. The highest BCUT2D eigenvalue weighted by atomic mass is 35.5. The van der Waals surface area contributed by atoms with Crippen LogP contribution in [0.15, 0.2) is 54.7 Å². The molecule has 1 heterocycles. The van der Waals surface area contributed by atoms with Gasteiger partial charge in [-0.15, -0.1) is 0 Å². The standard InChI is InChI=1S/C26H19ClF6N2O4/c27-18-6-8-20(39-25(29)30)21(22(18)28)13-3-7-19(34-11-13)16(9-14-10-17(14)26(31,32)33)23(36)35-15-4-1-12(2-5-15)24(37)38/h1-8,11,14,16-17,25H,9-10H2,(H,35,36)(H,37,38). The number of hydrogen-bond donors (Lipinski definition) is 2. The van der Waals surface area contributed by atoms with Crippen molar-refractivity contribution in [3.63, 3.8) is 0 Å². The van der Waals surface area contributed by atoms with Gasteiger partial charge in [0.1, 0.15) is 5.75 Å². The van der Waals surface area contributed by atoms with Crippen LogP contribution in [0, 0.1) is 17.7 Å². The molecule has 0 bridgehead atoms. The molecule has 3 atom stereocenters. The highest BCUT2D eigenvalue weighted by molar-refractivity contribution is 6.31. The number of carbonyl (C=O) groups excluding carboxylic acids is 1. The fourth-order valence-corrected chi connectivity index (χ4v) is 4.41. The highest BCUT2D eigenvalue weighted by Gasteiger charge is 2.56. The summed E-state index contributed by atoms with van der Waals surface area (Å²) in [5.74, 6) is -6.97. The maximum Gasteiger partial charge on any atom is 0.392 e. The molecule has 1 aromatic heterocycles. The van der Waals surface area contributed by atoms with Crippen LogP contribution in [0.4, 0.5) is 32.0 Å². The van der Waals surface area contributed by atoms with E-state index in [1.807, 2.05) is 0 Å². The summed E-state index contributed by atoms with van der Waals surface area (Å²) in [7, 11) is 0. The normalized spacial score (nSPS) is 17.5. The van der Waals surface area contributed by atoms with E-state index in [0.29, 0.717) is 0 Å². The number of carbonyl (C=O) groups is 2. The Labute approximate surface area is 222 Å². The SMILES string of the molecule is O=C(O)c1ccc(NC(=O)C(CC2CC2C(F)(F)F)c2ccc(-c3c(OC(F)F)ccc(Cl)c3F)cn2)cc1. The average Bonchev–Trinajstić information content (AvgIpc) is 3.66. The number of nitrogens with zero attached hydrogens (tertiary/aromatic N) is 1. The Morgan fingerprint density at radius 1 is 1.10 bits per heavy atom. The maximum absolute atomic E-state index is 14.7. The number of anilines is 1. The molecule has 0 radical (unpaired) electrons. The number of benzene rings is 2. The Bertz CT molecular complexity index is 1370. The van der Waals surface area contributed by atoms with Crippen LogP contribution >= 0.6 is 11.6 Å². The summed E-state index contributed by atoms with van der Waals surface area (Å²) in [5.41, 5.74) is -0.177. The minimum atomic E-state index is -4.42. The molecule has 2 aromatic carbocycles. The number of ether oxygens (including phenoxy) is 1. The lowest BCUT2D eigenvalue weighted by Gasteiger charge is -2.18. The smallest absolute Gasteiger partial charge is 0.392 e. The molecular weight excluding hydrogens is 554 g/mol. The predicted octanol–water partition coefficient (Wildman–Crippen LogP) is 7.15. The maximum atomic E-state index is 14.7. The molecule has 3 aromatic rings. The molecule has 4 rings (SSSR count). The first-order valence-electron chi connectivity index (χ1n) is 11.4. The summed E-state index contributed by atoms with van der Waals surface area (Å²) in [4.78, 5) is 28.3. The van der Waals surface area contributed by atoms with E-state index in [4.69, 9.17) is 16.7 Å². The summed E-state index contributed by atoms with van der Waals surface area (Å²) >= 11 is 5.80. The number of carboxylic acids is 1. The Morgan fingerprint density at radius 2 is 1.79 bits per heavy atom. The third-order valence-electron chi connectivity index (χ3n) is 6.30. The van der Waals surface area contributed by atoms with Gasteiger partial charge >= 0.3 is 18.8 Å². The van der Waals surface area contributed by atoms with Gasteiger partial charge in [0.2, 0.25) is 5.91 Å². The molecule has 206 valence electrons. The van der Waals surface area contributed by atoms with Gasteiger partial charge in [0.25, 0.3) is 0 Å². The number of alkyl halides is 5. The minimum absolute atomic E-state index is 0.0163. The summed E-state index contributed by atoms with van der Waals surface area (Å²) in [6.45, 7) is -3.26. The number of halogens is 7. The lowest BCUT2D eigenvalue weighted by atomic mass is 9.94. The van der Waals surface area contributed by atoms with Crippen LogP contribution < -0.4 is 10.1 Å². The van der Waals surface area contributed by atoms with Crippen molar-refractivity contribution in [3.8, 4) is 16.9 Å². The highest BCUT2D eigenvalue weighted by Crippen LogP contribution is 2.53. The van der Waals surface area contributed by atoms with Gasteiger partial charge in [-0.3, -0.25) is 9.78 Å². The van der Waals surface area contributed by atoms with Crippen LogP contribution in [0.3, 0.4) is 0 Å². The molecule has 3 unspecified atom stereocenters. The zero-order valence-corrected chi connectivity index (χ0v) is 20.4. The van der Waals surface area contributed by atoms with E-state index in [0.717, 1.165) is 18.3 Å². The average molecular weight is 573 g/mol. The Morgan fingerprint density at radius 3 is 2.33 bits per heavy atom. The quantitative estimate of drug-likeness (QED) is 0.266. The summed E-state index contributed by atoms with van der Waals surface area (Å²) in [5, 5.41) is 11.2. The van der Waals surface area contributed by atoms with Gasteiger partial charge < -0.3 is 15.2 Å². The van der Waals surface area contributed by atoms with Gasteiger partial charge in [-0.2, -0.15) is 22.0 Å². The first kappa shape index (κ1) is 28.2. The molecule has 0 saturated heterocycles. The van der Waals surface area contributed by atoms with E-state index in [-0.39, 0.29) is 40.4 Å². The molecule has 1 amide bonds. The molecule has 39 heavy (non-hydrogen) atoms. The number of aromatic carboxylic acids is 1. The molecule has 13 heteroatoms. The molecule has 1 aliphatic carbocycles. The van der Waals surface area contributed by atoms with Gasteiger partial charge in [0.15, 0.2) is 5.82 Å². The Hall–Kier alpha value is -3.80. The molecule has 2 N–H and O–H groups in total. The second-order valence-electron chi connectivity index (χ2n) is 8.89. The number of amides is 1. The Balaban J connectivity index is 1.63. The van der Waals surface area contributed by atoms with Crippen molar-refractivity contribution in [2.24, 2.45) is 11.8 Å². The second-order valence-corrected chi connectivity index (χ2v) is 9.30. The number of carboxylic acid groups (broad SMARTS) is 1. The predicted molar refractivity (Wildman–Crippen MR) is 128 cm³/mol. The Kier molecular flexibility index (Phi) is 8.05. The van der Waals surface area contributed by atoms with Gasteiger partial charge in [0.05, 0.1) is 33.7 Å². The third kappa shape index (κ3) is 6.62. The van der Waals surface area contributed by atoms with Crippen LogP contribution in [0.5, 0.6) is 5.75 Å². The fraction of sp³-hybridized carbons (Fsp3) is 0.269. The number of nitrogens with one attached hydrogen (secondary N) is 1. The number of rotatable bonds is 9. The topological polar surface area (TPSA) is 88.5 Å². The summed E-state index contributed by atoms with van der Waals surface area (Å²) in [6.07, 6.45) is -3.68. The van der Waals surface area contributed by atoms with E-state index in [9.17, 15) is 35.9 Å². The van der Waals surface area contributed by atoms with Crippen molar-refractivity contribution in [2.45, 2.75) is 31.5 Å². The van der Waals surface area contributed by atoms with Crippen molar-refractivity contribution in [1.82, 2.24) is 4.98 Å². The van der Waals surface area contributed by atoms with E-state index < -0.39 is 59.5 Å². The molecule has 1 saturated carbocycles. The van der Waals surface area contributed by atoms with Gasteiger partial charge in [-0.05, 0) is 61.2 Å². The van der Waals surface area contributed by atoms with Crippen LogP contribution in [-0.4, -0.2) is 34.8 Å². The molecule has 1 aliphatic rings. The minimum Gasteiger partial charge on any atom is -0.478 e. The summed E-state index contributed by atoms with van der Waals surface area (Å²) < 4.78 is 84.3. The van der Waals surface area contributed by atoms with E-state index in [2.05, 4.69) is 15.0 Å². The van der Waals surface area contributed by atoms with Crippen LogP contribution in [0.25, 0.3) is 11.1 Å².